The number of aryl methyl sites for hydroxylation is 1. The highest BCUT2D eigenvalue weighted by Crippen LogP contribution is 2.31. The Kier molecular flexibility index (Phi) is 6.60. The van der Waals surface area contributed by atoms with Crippen LogP contribution in [-0.2, 0) is 21.0 Å². The van der Waals surface area contributed by atoms with E-state index in [-0.39, 0.29) is 10.8 Å². The standard InChI is InChI=1S/C17H26O4S/c1-6-8-9-12(3)14-10-13(7-2)15(17(18)21-4)11-16(14)22(5,19)20/h10-12H,6-9H2,1-5H3. The van der Waals surface area contributed by atoms with Crippen molar-refractivity contribution in [3.63, 3.8) is 0 Å². The van der Waals surface area contributed by atoms with Gasteiger partial charge in [0.15, 0.2) is 9.84 Å². The minimum atomic E-state index is -3.40. The number of benzene rings is 1. The fourth-order valence-electron chi connectivity index (χ4n) is 2.61. The Hall–Kier alpha value is -1.36. The number of methoxy groups -OCH3 is 1. The van der Waals surface area contributed by atoms with E-state index in [0.29, 0.717) is 12.0 Å². The summed E-state index contributed by atoms with van der Waals surface area (Å²) in [6.07, 6.45) is 4.89. The molecule has 0 N–H and O–H groups in total. The van der Waals surface area contributed by atoms with Gasteiger partial charge in [-0.1, -0.05) is 39.7 Å². The second-order valence-electron chi connectivity index (χ2n) is 5.71. The molecule has 22 heavy (non-hydrogen) atoms. The number of ether oxygens (including phenoxy) is 1. The van der Waals surface area contributed by atoms with Crippen LogP contribution in [-0.4, -0.2) is 27.8 Å². The van der Waals surface area contributed by atoms with E-state index in [1.54, 1.807) is 0 Å². The molecule has 1 atom stereocenters. The van der Waals surface area contributed by atoms with Gasteiger partial charge in [0.25, 0.3) is 0 Å². The molecule has 1 aromatic rings. The van der Waals surface area contributed by atoms with Crippen molar-refractivity contribution in [1.82, 2.24) is 0 Å². The predicted molar refractivity (Wildman–Crippen MR) is 88.2 cm³/mol. The van der Waals surface area contributed by atoms with Crippen molar-refractivity contribution in [3.05, 3.63) is 28.8 Å². The lowest BCUT2D eigenvalue weighted by Crippen LogP contribution is -2.12. The summed E-state index contributed by atoms with van der Waals surface area (Å²) < 4.78 is 29.1. The van der Waals surface area contributed by atoms with Gasteiger partial charge in [0.2, 0.25) is 0 Å². The molecule has 0 aliphatic rings. The van der Waals surface area contributed by atoms with Gasteiger partial charge < -0.3 is 4.74 Å². The maximum Gasteiger partial charge on any atom is 0.338 e. The van der Waals surface area contributed by atoms with Crippen LogP contribution in [0, 0.1) is 0 Å². The summed E-state index contributed by atoms with van der Waals surface area (Å²) in [5.41, 5.74) is 1.98. The first-order valence-corrected chi connectivity index (χ1v) is 9.60. The molecule has 0 fully saturated rings. The first-order chi connectivity index (χ1) is 10.3. The highest BCUT2D eigenvalue weighted by Gasteiger charge is 2.23. The lowest BCUT2D eigenvalue weighted by Gasteiger charge is -2.18. The highest BCUT2D eigenvalue weighted by atomic mass is 32.2. The van der Waals surface area contributed by atoms with Crippen LogP contribution < -0.4 is 0 Å². The lowest BCUT2D eigenvalue weighted by molar-refractivity contribution is 0.0599. The zero-order valence-electron chi connectivity index (χ0n) is 14.1. The molecule has 0 saturated heterocycles. The van der Waals surface area contributed by atoms with Crippen LogP contribution in [0.3, 0.4) is 0 Å². The van der Waals surface area contributed by atoms with Crippen molar-refractivity contribution >= 4 is 15.8 Å². The maximum atomic E-state index is 12.1. The summed E-state index contributed by atoms with van der Waals surface area (Å²) in [6.45, 7) is 6.10. The Morgan fingerprint density at radius 3 is 2.36 bits per heavy atom. The largest absolute Gasteiger partial charge is 0.465 e. The summed E-state index contributed by atoms with van der Waals surface area (Å²) >= 11 is 0. The zero-order chi connectivity index (χ0) is 16.9. The van der Waals surface area contributed by atoms with Gasteiger partial charge in [0.1, 0.15) is 0 Å². The molecule has 4 nitrogen and oxygen atoms in total. The van der Waals surface area contributed by atoms with Crippen LogP contribution in [0.1, 0.15) is 67.4 Å². The molecule has 0 aromatic heterocycles. The minimum Gasteiger partial charge on any atom is -0.465 e. The average Bonchev–Trinajstić information content (AvgIpc) is 2.49. The topological polar surface area (TPSA) is 60.4 Å². The Labute approximate surface area is 133 Å². The third-order valence-corrected chi connectivity index (χ3v) is 5.10. The van der Waals surface area contributed by atoms with E-state index in [0.717, 1.165) is 30.4 Å². The average molecular weight is 326 g/mol. The molecule has 0 aliphatic heterocycles. The van der Waals surface area contributed by atoms with E-state index in [1.165, 1.54) is 19.4 Å². The van der Waals surface area contributed by atoms with Gasteiger partial charge in [-0.05, 0) is 36.0 Å². The van der Waals surface area contributed by atoms with Gasteiger partial charge in [0.05, 0.1) is 17.6 Å². The van der Waals surface area contributed by atoms with Gasteiger partial charge in [-0.25, -0.2) is 13.2 Å². The van der Waals surface area contributed by atoms with E-state index < -0.39 is 15.8 Å². The van der Waals surface area contributed by atoms with E-state index in [4.69, 9.17) is 4.74 Å². The second-order valence-corrected chi connectivity index (χ2v) is 7.69. The van der Waals surface area contributed by atoms with E-state index >= 15 is 0 Å². The predicted octanol–water partition coefficient (Wildman–Crippen LogP) is 3.73. The molecule has 1 aromatic carbocycles. The fraction of sp³-hybridized carbons (Fsp3) is 0.588. The molecule has 0 amide bonds. The molecule has 124 valence electrons. The van der Waals surface area contributed by atoms with Crippen molar-refractivity contribution in [2.75, 3.05) is 13.4 Å². The molecule has 0 saturated carbocycles. The number of carbonyl (C=O) groups excluding carboxylic acids is 1. The molecule has 0 heterocycles. The van der Waals surface area contributed by atoms with Gasteiger partial charge in [-0.2, -0.15) is 0 Å². The Bertz CT molecular complexity index is 632. The van der Waals surface area contributed by atoms with E-state index in [1.807, 2.05) is 19.9 Å². The monoisotopic (exact) mass is 326 g/mol. The number of unbranched alkanes of at least 4 members (excludes halogenated alkanes) is 1. The van der Waals surface area contributed by atoms with Gasteiger partial charge in [-0.15, -0.1) is 0 Å². The van der Waals surface area contributed by atoms with Gasteiger partial charge >= 0.3 is 5.97 Å². The fourth-order valence-corrected chi connectivity index (χ4v) is 3.63. The number of esters is 1. The molecule has 1 rings (SSSR count). The highest BCUT2D eigenvalue weighted by molar-refractivity contribution is 7.90. The number of hydrogen-bond acceptors (Lipinski definition) is 4. The number of hydrogen-bond donors (Lipinski definition) is 0. The Morgan fingerprint density at radius 1 is 1.27 bits per heavy atom. The molecule has 0 aliphatic carbocycles. The van der Waals surface area contributed by atoms with Crippen molar-refractivity contribution in [3.8, 4) is 0 Å². The van der Waals surface area contributed by atoms with Crippen LogP contribution in [0.25, 0.3) is 0 Å². The lowest BCUT2D eigenvalue weighted by atomic mass is 9.91. The first-order valence-electron chi connectivity index (χ1n) is 7.71. The molecule has 1 unspecified atom stereocenters. The number of carbonyl (C=O) groups is 1. The summed E-state index contributed by atoms with van der Waals surface area (Å²) in [6, 6.07) is 3.35. The summed E-state index contributed by atoms with van der Waals surface area (Å²) in [5.74, 6) is -0.351. The van der Waals surface area contributed by atoms with Crippen LogP contribution in [0.15, 0.2) is 17.0 Å². The Morgan fingerprint density at radius 2 is 1.91 bits per heavy atom. The second kappa shape index (κ2) is 7.77. The molecule has 0 spiro atoms. The van der Waals surface area contributed by atoms with Crippen molar-refractivity contribution in [2.24, 2.45) is 0 Å². The smallest absolute Gasteiger partial charge is 0.338 e. The van der Waals surface area contributed by atoms with Crippen molar-refractivity contribution < 1.29 is 17.9 Å². The quantitative estimate of drug-likeness (QED) is 0.716. The van der Waals surface area contributed by atoms with Crippen LogP contribution in [0.4, 0.5) is 0 Å². The van der Waals surface area contributed by atoms with E-state index in [9.17, 15) is 13.2 Å². The Balaban J connectivity index is 3.51. The third-order valence-electron chi connectivity index (χ3n) is 3.94. The van der Waals surface area contributed by atoms with Crippen LogP contribution in [0.5, 0.6) is 0 Å². The SMILES string of the molecule is CCCCC(C)c1cc(CC)c(C(=O)OC)cc1S(C)(=O)=O. The van der Waals surface area contributed by atoms with Crippen LogP contribution in [0.2, 0.25) is 0 Å². The zero-order valence-corrected chi connectivity index (χ0v) is 14.9. The van der Waals surface area contributed by atoms with Crippen LogP contribution >= 0.6 is 0 Å². The molecule has 5 heteroatoms. The normalized spacial score (nSPS) is 13.0. The summed E-state index contributed by atoms with van der Waals surface area (Å²) in [5, 5.41) is 0. The van der Waals surface area contributed by atoms with E-state index in [2.05, 4.69) is 6.92 Å². The third kappa shape index (κ3) is 4.32. The van der Waals surface area contributed by atoms with Gasteiger partial charge in [-0.3, -0.25) is 0 Å². The molecule has 0 radical (unpaired) electrons. The molecule has 0 bridgehead atoms. The van der Waals surface area contributed by atoms with Crippen molar-refractivity contribution in [2.45, 2.75) is 57.3 Å². The molecular formula is C17H26O4S. The van der Waals surface area contributed by atoms with Gasteiger partial charge in [0, 0.05) is 6.26 Å². The number of rotatable bonds is 7. The maximum absolute atomic E-state index is 12.1. The summed E-state index contributed by atoms with van der Waals surface area (Å²) in [7, 11) is -2.10. The first kappa shape index (κ1) is 18.7. The van der Waals surface area contributed by atoms with Crippen molar-refractivity contribution in [1.29, 1.82) is 0 Å². The number of sulfone groups is 1. The summed E-state index contributed by atoms with van der Waals surface area (Å²) in [4.78, 5) is 12.2. The molecular weight excluding hydrogens is 300 g/mol. The minimum absolute atomic E-state index is 0.140.